The third-order valence-corrected chi connectivity index (χ3v) is 8.47. The van der Waals surface area contributed by atoms with Gasteiger partial charge in [0.25, 0.3) is 5.91 Å². The van der Waals surface area contributed by atoms with Crippen LogP contribution in [0.25, 0.3) is 0 Å². The summed E-state index contributed by atoms with van der Waals surface area (Å²) in [4.78, 5) is 20.0. The maximum absolute atomic E-state index is 13.6. The van der Waals surface area contributed by atoms with Crippen molar-refractivity contribution in [3.63, 3.8) is 0 Å². The van der Waals surface area contributed by atoms with Crippen LogP contribution in [0.1, 0.15) is 25.3 Å². The van der Waals surface area contributed by atoms with Crippen molar-refractivity contribution >= 4 is 17.3 Å². The fourth-order valence-electron chi connectivity index (χ4n) is 6.16. The molecule has 1 amide bonds. The number of hydrogen-bond acceptors (Lipinski definition) is 6. The zero-order valence-electron chi connectivity index (χ0n) is 24.2. The van der Waals surface area contributed by atoms with Crippen LogP contribution in [0, 0.1) is 11.8 Å². The molecule has 3 aliphatic heterocycles. The van der Waals surface area contributed by atoms with E-state index >= 15 is 0 Å². The number of rotatable bonds is 8. The zero-order chi connectivity index (χ0) is 30.1. The molecule has 2 aromatic rings. The lowest BCUT2D eigenvalue weighted by atomic mass is 10.0. The molecule has 2 unspecified atom stereocenters. The van der Waals surface area contributed by atoms with Crippen molar-refractivity contribution in [2.75, 3.05) is 43.1 Å². The summed E-state index contributed by atoms with van der Waals surface area (Å²) in [7, 11) is 1.65. The minimum atomic E-state index is -4.70. The third-order valence-electron chi connectivity index (χ3n) is 8.47. The van der Waals surface area contributed by atoms with Gasteiger partial charge in [-0.2, -0.15) is 0 Å². The Kier molecular flexibility index (Phi) is 7.85. The van der Waals surface area contributed by atoms with E-state index in [1.807, 2.05) is 35.4 Å². The minimum Gasteiger partial charge on any atom is -0.497 e. The van der Waals surface area contributed by atoms with Crippen LogP contribution in [-0.4, -0.2) is 50.5 Å². The van der Waals surface area contributed by atoms with Crippen molar-refractivity contribution < 1.29 is 27.4 Å². The van der Waals surface area contributed by atoms with Gasteiger partial charge in [0.1, 0.15) is 17.2 Å². The van der Waals surface area contributed by atoms with Crippen molar-refractivity contribution in [1.29, 1.82) is 0 Å². The first-order valence-electron chi connectivity index (χ1n) is 14.6. The van der Waals surface area contributed by atoms with Gasteiger partial charge >= 0.3 is 6.36 Å². The van der Waals surface area contributed by atoms with Crippen LogP contribution in [0.3, 0.4) is 0 Å². The monoisotopic (exact) mass is 592 g/mol. The average molecular weight is 593 g/mol. The van der Waals surface area contributed by atoms with Gasteiger partial charge in [-0.25, -0.2) is 0 Å². The highest BCUT2D eigenvalue weighted by atomic mass is 19.4. The van der Waals surface area contributed by atoms with Gasteiger partial charge in [-0.3, -0.25) is 4.79 Å². The smallest absolute Gasteiger partial charge is 0.497 e. The van der Waals surface area contributed by atoms with E-state index in [1.165, 1.54) is 17.7 Å². The van der Waals surface area contributed by atoms with Crippen LogP contribution in [0.2, 0.25) is 0 Å². The topological polar surface area (TPSA) is 57.3 Å². The number of allylic oxidation sites excluding steroid dienone is 4. The molecule has 10 heteroatoms. The van der Waals surface area contributed by atoms with Crippen LogP contribution in [0.4, 0.5) is 24.5 Å². The molecular formula is C33H35F3N4O3. The summed E-state index contributed by atoms with van der Waals surface area (Å²) in [6.45, 7) is 5.60. The molecule has 4 aliphatic rings. The van der Waals surface area contributed by atoms with E-state index in [9.17, 15) is 18.0 Å². The SMILES string of the molecule is CCC1=C(C(=O)NCc2ccc(N3CCN(c4ccc(OC(F)(F)F)cc4)CC3)cc2)N2C=CC(OC)=CC2=CC2CC12. The van der Waals surface area contributed by atoms with Crippen LogP contribution in [-0.2, 0) is 16.1 Å². The van der Waals surface area contributed by atoms with Gasteiger partial charge in [-0.15, -0.1) is 13.2 Å². The highest BCUT2D eigenvalue weighted by Gasteiger charge is 2.44. The van der Waals surface area contributed by atoms with E-state index in [4.69, 9.17) is 4.74 Å². The predicted molar refractivity (Wildman–Crippen MR) is 159 cm³/mol. The summed E-state index contributed by atoms with van der Waals surface area (Å²) in [6, 6.07) is 14.2. The first-order valence-corrected chi connectivity index (χ1v) is 14.6. The van der Waals surface area contributed by atoms with E-state index in [2.05, 4.69) is 45.0 Å². The number of carbonyl (C=O) groups is 1. The van der Waals surface area contributed by atoms with E-state index in [-0.39, 0.29) is 11.7 Å². The molecule has 2 fully saturated rings. The van der Waals surface area contributed by atoms with Crippen LogP contribution >= 0.6 is 0 Å². The maximum Gasteiger partial charge on any atom is 0.573 e. The van der Waals surface area contributed by atoms with Crippen molar-refractivity contribution in [2.24, 2.45) is 11.8 Å². The second-order valence-electron chi connectivity index (χ2n) is 11.1. The first-order chi connectivity index (χ1) is 20.7. The van der Waals surface area contributed by atoms with E-state index in [0.717, 1.165) is 73.1 Å². The Morgan fingerprint density at radius 3 is 2.19 bits per heavy atom. The van der Waals surface area contributed by atoms with Gasteiger partial charge in [0.2, 0.25) is 0 Å². The summed E-state index contributed by atoms with van der Waals surface area (Å²) in [5, 5.41) is 3.15. The number of alkyl halides is 3. The molecule has 0 bridgehead atoms. The molecule has 2 atom stereocenters. The molecule has 7 nitrogen and oxygen atoms in total. The van der Waals surface area contributed by atoms with Crippen LogP contribution < -0.4 is 19.9 Å². The Labute approximate surface area is 249 Å². The molecule has 43 heavy (non-hydrogen) atoms. The number of nitrogens with zero attached hydrogens (tertiary/aromatic N) is 3. The van der Waals surface area contributed by atoms with Crippen molar-refractivity contribution in [3.8, 4) is 5.75 Å². The van der Waals surface area contributed by atoms with Gasteiger partial charge in [0, 0.05) is 62.1 Å². The number of hydrogen-bond donors (Lipinski definition) is 1. The molecule has 1 N–H and O–H groups in total. The number of carbonyl (C=O) groups excluding carboxylic acids is 1. The van der Waals surface area contributed by atoms with Gasteiger partial charge in [-0.05, 0) is 78.3 Å². The molecule has 2 aromatic carbocycles. The quantitative estimate of drug-likeness (QED) is 0.401. The summed E-state index contributed by atoms with van der Waals surface area (Å²) >= 11 is 0. The number of anilines is 2. The highest BCUT2D eigenvalue weighted by Crippen LogP contribution is 2.51. The number of fused-ring (bicyclic) bond motifs is 2. The van der Waals surface area contributed by atoms with Gasteiger partial charge < -0.3 is 29.5 Å². The Morgan fingerprint density at radius 1 is 0.977 bits per heavy atom. The van der Waals surface area contributed by atoms with Gasteiger partial charge in [0.15, 0.2) is 0 Å². The summed E-state index contributed by atoms with van der Waals surface area (Å²) in [6.07, 6.45) is 5.27. The standard InChI is InChI=1S/C33H35F3N4O3/c1-3-29-30-19-23(30)18-26-20-28(42-2)12-13-40(26)31(29)32(41)37-21-22-4-6-24(7-5-22)38-14-16-39(17-15-38)25-8-10-27(11-9-25)43-33(34,35)36/h4-13,18,20,23,30H,3,14-17,19,21H2,1-2H3,(H,37,41). The van der Waals surface area contributed by atoms with Gasteiger partial charge in [0.05, 0.1) is 7.11 Å². The molecule has 1 aliphatic carbocycles. The average Bonchev–Trinajstić information content (AvgIpc) is 3.78. The molecule has 0 spiro atoms. The predicted octanol–water partition coefficient (Wildman–Crippen LogP) is 6.09. The second kappa shape index (κ2) is 11.7. The number of methoxy groups -OCH3 is 1. The van der Waals surface area contributed by atoms with Crippen LogP contribution in [0.15, 0.2) is 95.7 Å². The molecule has 1 saturated heterocycles. The molecule has 1 saturated carbocycles. The fraction of sp³-hybridized carbons (Fsp3) is 0.364. The van der Waals surface area contributed by atoms with Crippen molar-refractivity contribution in [3.05, 3.63) is 101 Å². The Hall–Kier alpha value is -4.34. The molecule has 3 heterocycles. The van der Waals surface area contributed by atoms with Crippen LogP contribution in [0.5, 0.6) is 5.75 Å². The number of benzene rings is 2. The fourth-order valence-corrected chi connectivity index (χ4v) is 6.16. The maximum atomic E-state index is 13.6. The van der Waals surface area contributed by atoms with Gasteiger partial charge in [-0.1, -0.05) is 25.1 Å². The Balaban J connectivity index is 1.05. The molecule has 0 aromatic heterocycles. The Bertz CT molecular complexity index is 1470. The number of nitrogens with one attached hydrogen (secondary N) is 1. The molecular weight excluding hydrogens is 557 g/mol. The lowest BCUT2D eigenvalue weighted by Gasteiger charge is -2.37. The highest BCUT2D eigenvalue weighted by molar-refractivity contribution is 5.94. The summed E-state index contributed by atoms with van der Waals surface area (Å²) in [5.74, 6) is 1.36. The normalized spacial score (nSPS) is 21.4. The lowest BCUT2D eigenvalue weighted by molar-refractivity contribution is -0.274. The second-order valence-corrected chi connectivity index (χ2v) is 11.1. The zero-order valence-corrected chi connectivity index (χ0v) is 24.2. The third kappa shape index (κ3) is 6.38. The summed E-state index contributed by atoms with van der Waals surface area (Å²) < 4.78 is 46.7. The van der Waals surface area contributed by atoms with Crippen molar-refractivity contribution in [2.45, 2.75) is 32.7 Å². The molecule has 6 rings (SSSR count). The van der Waals surface area contributed by atoms with E-state index in [1.54, 1.807) is 19.2 Å². The lowest BCUT2D eigenvalue weighted by Crippen LogP contribution is -2.46. The molecule has 226 valence electrons. The summed E-state index contributed by atoms with van der Waals surface area (Å²) in [5.41, 5.74) is 5.88. The number of piperazine rings is 1. The van der Waals surface area contributed by atoms with E-state index < -0.39 is 6.36 Å². The Morgan fingerprint density at radius 2 is 1.60 bits per heavy atom. The first kappa shape index (κ1) is 28.8. The largest absolute Gasteiger partial charge is 0.573 e. The number of amides is 1. The number of ether oxygens (including phenoxy) is 2. The number of halogens is 3. The minimum absolute atomic E-state index is 0.0765. The molecule has 0 radical (unpaired) electrons. The van der Waals surface area contributed by atoms with E-state index in [0.29, 0.717) is 18.4 Å². The van der Waals surface area contributed by atoms with Crippen molar-refractivity contribution in [1.82, 2.24) is 10.2 Å².